The fourth-order valence-electron chi connectivity index (χ4n) is 2.82. The van der Waals surface area contributed by atoms with Crippen LogP contribution in [0.5, 0.6) is 0 Å². The number of nitrogens with zero attached hydrogens (tertiary/aromatic N) is 2. The Balaban J connectivity index is 0.00000176. The third-order valence-electron chi connectivity index (χ3n) is 3.96. The molecule has 1 aromatic carbocycles. The van der Waals surface area contributed by atoms with E-state index in [0.717, 1.165) is 37.1 Å². The number of halogens is 1. The Bertz CT molecular complexity index is 614. The topological polar surface area (TPSA) is 72.9 Å². The van der Waals surface area contributed by atoms with Crippen LogP contribution < -0.4 is 11.1 Å². The zero-order valence-electron chi connectivity index (χ0n) is 12.3. The maximum Gasteiger partial charge on any atom is 0.227 e. The highest BCUT2D eigenvalue weighted by molar-refractivity contribution is 5.92. The van der Waals surface area contributed by atoms with Crippen molar-refractivity contribution < 1.29 is 4.79 Å². The molecule has 0 radical (unpaired) electrons. The summed E-state index contributed by atoms with van der Waals surface area (Å²) in [5.41, 5.74) is 7.64. The smallest absolute Gasteiger partial charge is 0.227 e. The van der Waals surface area contributed by atoms with Crippen molar-refractivity contribution in [2.24, 2.45) is 11.7 Å². The molecule has 0 bridgehead atoms. The largest absolute Gasteiger partial charge is 0.328 e. The van der Waals surface area contributed by atoms with Crippen LogP contribution in [0.1, 0.15) is 25.7 Å². The molecule has 1 saturated carbocycles. The summed E-state index contributed by atoms with van der Waals surface area (Å²) in [5.74, 6) is 0.0755. The van der Waals surface area contributed by atoms with E-state index in [2.05, 4.69) is 10.4 Å². The standard InChI is InChI=1S/C16H20N4O.ClH/c17-13-6-4-5-12(9-13)16(21)19-14-10-18-20(11-14)15-7-2-1-3-8-15;/h1-3,7-8,10-13H,4-6,9,17H2,(H,19,21);1H. The molecule has 5 nitrogen and oxygen atoms in total. The second kappa shape index (κ2) is 7.42. The molecule has 1 heterocycles. The highest BCUT2D eigenvalue weighted by Crippen LogP contribution is 2.24. The fourth-order valence-corrected chi connectivity index (χ4v) is 2.82. The maximum absolute atomic E-state index is 12.3. The molecule has 2 unspecified atom stereocenters. The van der Waals surface area contributed by atoms with Crippen LogP contribution >= 0.6 is 12.4 Å². The zero-order chi connectivity index (χ0) is 14.7. The number of benzene rings is 1. The molecule has 118 valence electrons. The van der Waals surface area contributed by atoms with Crippen LogP contribution in [0.4, 0.5) is 5.69 Å². The molecular formula is C16H21ClN4O. The van der Waals surface area contributed by atoms with Gasteiger partial charge in [-0.15, -0.1) is 12.4 Å². The first kappa shape index (κ1) is 16.5. The number of hydrogen-bond donors (Lipinski definition) is 2. The summed E-state index contributed by atoms with van der Waals surface area (Å²) in [6.07, 6.45) is 7.26. The van der Waals surface area contributed by atoms with Crippen molar-refractivity contribution in [1.29, 1.82) is 0 Å². The van der Waals surface area contributed by atoms with E-state index in [4.69, 9.17) is 5.73 Å². The van der Waals surface area contributed by atoms with Crippen LogP contribution in [-0.4, -0.2) is 21.7 Å². The van der Waals surface area contributed by atoms with Gasteiger partial charge in [0.05, 0.1) is 23.8 Å². The first-order chi connectivity index (χ1) is 10.2. The fraction of sp³-hybridized carbons (Fsp3) is 0.375. The predicted octanol–water partition coefficient (Wildman–Crippen LogP) is 2.75. The van der Waals surface area contributed by atoms with Gasteiger partial charge in [-0.3, -0.25) is 4.79 Å². The molecule has 3 rings (SSSR count). The van der Waals surface area contributed by atoms with Crippen LogP contribution in [0.15, 0.2) is 42.7 Å². The molecule has 0 aliphatic heterocycles. The number of hydrogen-bond acceptors (Lipinski definition) is 3. The number of nitrogens with one attached hydrogen (secondary N) is 1. The molecule has 0 spiro atoms. The Labute approximate surface area is 136 Å². The first-order valence-corrected chi connectivity index (χ1v) is 7.39. The van der Waals surface area contributed by atoms with Gasteiger partial charge in [0.25, 0.3) is 0 Å². The molecule has 22 heavy (non-hydrogen) atoms. The van der Waals surface area contributed by atoms with Gasteiger partial charge in [0, 0.05) is 12.0 Å². The van der Waals surface area contributed by atoms with Crippen LogP contribution in [0.3, 0.4) is 0 Å². The van der Waals surface area contributed by atoms with Gasteiger partial charge in [0.1, 0.15) is 0 Å². The summed E-state index contributed by atoms with van der Waals surface area (Å²) >= 11 is 0. The lowest BCUT2D eigenvalue weighted by Gasteiger charge is -2.25. The van der Waals surface area contributed by atoms with Gasteiger partial charge in [0.15, 0.2) is 0 Å². The third kappa shape index (κ3) is 3.87. The van der Waals surface area contributed by atoms with E-state index < -0.39 is 0 Å². The van der Waals surface area contributed by atoms with Gasteiger partial charge >= 0.3 is 0 Å². The van der Waals surface area contributed by atoms with Crippen molar-refractivity contribution in [3.8, 4) is 5.69 Å². The summed E-state index contributed by atoms with van der Waals surface area (Å²) < 4.78 is 1.75. The number of anilines is 1. The van der Waals surface area contributed by atoms with Gasteiger partial charge in [-0.1, -0.05) is 24.6 Å². The number of amides is 1. The molecule has 1 amide bonds. The van der Waals surface area contributed by atoms with E-state index in [1.165, 1.54) is 0 Å². The van der Waals surface area contributed by atoms with Crippen molar-refractivity contribution >= 4 is 24.0 Å². The van der Waals surface area contributed by atoms with Gasteiger partial charge in [-0.05, 0) is 31.4 Å². The highest BCUT2D eigenvalue weighted by Gasteiger charge is 2.25. The lowest BCUT2D eigenvalue weighted by Crippen LogP contribution is -2.34. The zero-order valence-corrected chi connectivity index (χ0v) is 13.1. The molecular weight excluding hydrogens is 300 g/mol. The predicted molar refractivity (Wildman–Crippen MR) is 89.4 cm³/mol. The Morgan fingerprint density at radius 3 is 2.77 bits per heavy atom. The normalized spacial score (nSPS) is 21.0. The van der Waals surface area contributed by atoms with Crippen LogP contribution in [-0.2, 0) is 4.79 Å². The number of nitrogens with two attached hydrogens (primary N) is 1. The summed E-state index contributed by atoms with van der Waals surface area (Å²) in [6.45, 7) is 0. The molecule has 1 aliphatic carbocycles. The minimum atomic E-state index is 0. The van der Waals surface area contributed by atoms with Gasteiger partial charge in [-0.25, -0.2) is 4.68 Å². The Morgan fingerprint density at radius 2 is 2.05 bits per heavy atom. The maximum atomic E-state index is 12.3. The van der Waals surface area contributed by atoms with E-state index in [1.54, 1.807) is 10.9 Å². The van der Waals surface area contributed by atoms with E-state index in [0.29, 0.717) is 0 Å². The molecule has 1 fully saturated rings. The summed E-state index contributed by atoms with van der Waals surface area (Å²) in [4.78, 5) is 12.3. The quantitative estimate of drug-likeness (QED) is 0.913. The van der Waals surface area contributed by atoms with Crippen LogP contribution in [0.2, 0.25) is 0 Å². The van der Waals surface area contributed by atoms with Crippen LogP contribution in [0, 0.1) is 5.92 Å². The van der Waals surface area contributed by atoms with Crippen molar-refractivity contribution in [3.05, 3.63) is 42.7 Å². The minimum Gasteiger partial charge on any atom is -0.328 e. The molecule has 1 aliphatic rings. The number of carbonyl (C=O) groups excluding carboxylic acids is 1. The number of rotatable bonds is 3. The van der Waals surface area contributed by atoms with Crippen molar-refractivity contribution in [3.63, 3.8) is 0 Å². The van der Waals surface area contributed by atoms with Gasteiger partial charge in [-0.2, -0.15) is 5.10 Å². The molecule has 1 aromatic heterocycles. The molecule has 2 atom stereocenters. The molecule has 3 N–H and O–H groups in total. The molecule has 2 aromatic rings. The van der Waals surface area contributed by atoms with E-state index in [9.17, 15) is 4.79 Å². The Morgan fingerprint density at radius 1 is 1.27 bits per heavy atom. The Kier molecular flexibility index (Phi) is 5.57. The lowest BCUT2D eigenvalue weighted by atomic mass is 9.85. The average Bonchev–Trinajstić information content (AvgIpc) is 2.97. The van der Waals surface area contributed by atoms with E-state index in [-0.39, 0.29) is 30.3 Å². The Hall–Kier alpha value is -1.85. The average molecular weight is 321 g/mol. The number of carbonyl (C=O) groups is 1. The summed E-state index contributed by atoms with van der Waals surface area (Å²) in [7, 11) is 0. The van der Waals surface area contributed by atoms with Crippen molar-refractivity contribution in [1.82, 2.24) is 9.78 Å². The van der Waals surface area contributed by atoms with E-state index in [1.807, 2.05) is 36.5 Å². The van der Waals surface area contributed by atoms with Crippen molar-refractivity contribution in [2.75, 3.05) is 5.32 Å². The van der Waals surface area contributed by atoms with Gasteiger partial charge < -0.3 is 11.1 Å². The monoisotopic (exact) mass is 320 g/mol. The molecule has 0 saturated heterocycles. The van der Waals surface area contributed by atoms with E-state index >= 15 is 0 Å². The highest BCUT2D eigenvalue weighted by atomic mass is 35.5. The summed E-state index contributed by atoms with van der Waals surface area (Å²) in [6, 6.07) is 9.97. The SMILES string of the molecule is Cl.NC1CCCC(C(=O)Nc2cnn(-c3ccccc3)c2)C1. The summed E-state index contributed by atoms with van der Waals surface area (Å²) in [5, 5.41) is 7.22. The second-order valence-corrected chi connectivity index (χ2v) is 5.62. The van der Waals surface area contributed by atoms with Crippen LogP contribution in [0.25, 0.3) is 5.69 Å². The lowest BCUT2D eigenvalue weighted by molar-refractivity contribution is -0.120. The minimum absolute atomic E-state index is 0. The number of aromatic nitrogens is 2. The number of para-hydroxylation sites is 1. The third-order valence-corrected chi connectivity index (χ3v) is 3.96. The first-order valence-electron chi connectivity index (χ1n) is 7.39. The van der Waals surface area contributed by atoms with Crippen molar-refractivity contribution in [2.45, 2.75) is 31.7 Å². The second-order valence-electron chi connectivity index (χ2n) is 5.62. The van der Waals surface area contributed by atoms with Gasteiger partial charge in [0.2, 0.25) is 5.91 Å². The molecule has 6 heteroatoms.